The number of carbonyl (C=O) groups is 6. The Bertz CT molecular complexity index is 1420. The molecular weight excluding hydrogens is 564 g/mol. The van der Waals surface area contributed by atoms with Gasteiger partial charge in [-0.1, -0.05) is 6.07 Å². The summed E-state index contributed by atoms with van der Waals surface area (Å²) >= 11 is 0. The average molecular weight is 599 g/mol. The van der Waals surface area contributed by atoms with E-state index >= 15 is 0 Å². The van der Waals surface area contributed by atoms with Crippen molar-refractivity contribution in [1.82, 2.24) is 30.5 Å². The van der Waals surface area contributed by atoms with E-state index in [0.717, 1.165) is 10.6 Å². The smallest absolute Gasteiger partial charge is 0.409 e. The predicted octanol–water partition coefficient (Wildman–Crippen LogP) is 0.449. The number of aryl methyl sites for hydroxylation is 1. The predicted molar refractivity (Wildman–Crippen MR) is 150 cm³/mol. The van der Waals surface area contributed by atoms with Gasteiger partial charge >= 0.3 is 12.1 Å². The van der Waals surface area contributed by atoms with E-state index in [0.29, 0.717) is 10.9 Å². The summed E-state index contributed by atoms with van der Waals surface area (Å²) in [6.07, 6.45) is -0.818. The lowest BCUT2D eigenvalue weighted by atomic mass is 10.1. The summed E-state index contributed by atoms with van der Waals surface area (Å²) in [5.41, 5.74) is 3.61. The van der Waals surface area contributed by atoms with Crippen molar-refractivity contribution in [3.63, 3.8) is 0 Å². The average Bonchev–Trinajstić information content (AvgIpc) is 3.43. The van der Waals surface area contributed by atoms with Crippen molar-refractivity contribution in [3.05, 3.63) is 35.5 Å². The minimum Gasteiger partial charge on any atom is -0.483 e. The Morgan fingerprint density at radius 3 is 2.44 bits per heavy atom. The van der Waals surface area contributed by atoms with Gasteiger partial charge in [0.05, 0.1) is 18.7 Å². The van der Waals surface area contributed by atoms with Gasteiger partial charge in [-0.05, 0) is 38.0 Å². The number of hydrogen-bond acceptors (Lipinski definition) is 9. The number of carbonyl (C=O) groups excluding carboxylic acids is 5. The molecule has 2 aliphatic rings. The molecule has 15 nitrogen and oxygen atoms in total. The van der Waals surface area contributed by atoms with E-state index in [1.54, 1.807) is 19.1 Å². The molecule has 4 rings (SSSR count). The second kappa shape index (κ2) is 13.8. The van der Waals surface area contributed by atoms with E-state index in [4.69, 9.17) is 9.47 Å². The maximum absolute atomic E-state index is 13.4. The Morgan fingerprint density at radius 1 is 1.07 bits per heavy atom. The standard InChI is InChI=1S/C28H34N6O9/c1-3-42-28(41)33-12-10-32(11-13-33)27(40)19(6-7-25(37)38)30-26(39)21-15-22(18-5-4-17(2)14-20(18)29-21)43-16-24(36)34-9-8-23(35)31-34/h4-5,14-15,19H,3,6-13,16H2,1-2H3,(H,30,39)(H,31,35)(H,37,38)/t19-/m0/s1. The number of piperazine rings is 1. The zero-order chi connectivity index (χ0) is 31.1. The highest BCUT2D eigenvalue weighted by Gasteiger charge is 2.31. The highest BCUT2D eigenvalue weighted by atomic mass is 16.6. The molecule has 1 aromatic carbocycles. The first-order valence-corrected chi connectivity index (χ1v) is 13.9. The Kier molecular flexibility index (Phi) is 9.95. The highest BCUT2D eigenvalue weighted by molar-refractivity contribution is 5.99. The summed E-state index contributed by atoms with van der Waals surface area (Å²) in [7, 11) is 0. The molecule has 3 N–H and O–H groups in total. The largest absolute Gasteiger partial charge is 0.483 e. The Labute approximate surface area is 247 Å². The van der Waals surface area contributed by atoms with Crippen molar-refractivity contribution in [2.75, 3.05) is 45.9 Å². The second-order valence-electron chi connectivity index (χ2n) is 10.1. The van der Waals surface area contributed by atoms with Gasteiger partial charge in [-0.3, -0.25) is 34.4 Å². The molecule has 0 radical (unpaired) electrons. The number of benzene rings is 1. The summed E-state index contributed by atoms with van der Waals surface area (Å²) in [6.45, 7) is 4.41. The van der Waals surface area contributed by atoms with Crippen molar-refractivity contribution >= 4 is 46.6 Å². The van der Waals surface area contributed by atoms with Crippen molar-refractivity contribution in [1.29, 1.82) is 0 Å². The van der Waals surface area contributed by atoms with E-state index in [9.17, 15) is 33.9 Å². The summed E-state index contributed by atoms with van der Waals surface area (Å²) < 4.78 is 10.8. The van der Waals surface area contributed by atoms with Gasteiger partial charge < -0.3 is 29.7 Å². The minimum absolute atomic E-state index is 0.102. The molecule has 0 aliphatic carbocycles. The zero-order valence-corrected chi connectivity index (χ0v) is 24.0. The maximum Gasteiger partial charge on any atom is 0.409 e. The van der Waals surface area contributed by atoms with Crippen LogP contribution in [0.15, 0.2) is 24.3 Å². The van der Waals surface area contributed by atoms with Crippen LogP contribution in [0.3, 0.4) is 0 Å². The van der Waals surface area contributed by atoms with Crippen LogP contribution in [0.2, 0.25) is 0 Å². The lowest BCUT2D eigenvalue weighted by Crippen LogP contribution is -2.56. The van der Waals surface area contributed by atoms with Crippen LogP contribution in [0, 0.1) is 6.92 Å². The van der Waals surface area contributed by atoms with Gasteiger partial charge in [0.15, 0.2) is 6.61 Å². The van der Waals surface area contributed by atoms with E-state index < -0.39 is 42.4 Å². The number of rotatable bonds is 10. The van der Waals surface area contributed by atoms with Gasteiger partial charge in [0.2, 0.25) is 11.8 Å². The molecule has 15 heteroatoms. The number of ether oxygens (including phenoxy) is 2. The van der Waals surface area contributed by atoms with Crippen LogP contribution in [0.4, 0.5) is 4.79 Å². The number of carboxylic acids is 1. The number of amides is 5. The lowest BCUT2D eigenvalue weighted by Gasteiger charge is -2.35. The summed E-state index contributed by atoms with van der Waals surface area (Å²) in [5, 5.41) is 13.6. The highest BCUT2D eigenvalue weighted by Crippen LogP contribution is 2.27. The fraction of sp³-hybridized carbons (Fsp3) is 0.464. The number of hydrogen-bond donors (Lipinski definition) is 3. The Morgan fingerprint density at radius 2 is 1.79 bits per heavy atom. The number of hydrazine groups is 1. The molecule has 5 amide bonds. The minimum atomic E-state index is -1.17. The molecule has 2 aliphatic heterocycles. The fourth-order valence-corrected chi connectivity index (χ4v) is 4.72. The first-order valence-electron chi connectivity index (χ1n) is 13.9. The number of pyridine rings is 1. The second-order valence-corrected chi connectivity index (χ2v) is 10.1. The van der Waals surface area contributed by atoms with E-state index in [-0.39, 0.29) is 75.9 Å². The van der Waals surface area contributed by atoms with Crippen molar-refractivity contribution < 1.29 is 43.3 Å². The number of fused-ring (bicyclic) bond motifs is 1. The van der Waals surface area contributed by atoms with Crippen LogP contribution in [-0.4, -0.2) is 113 Å². The molecule has 0 bridgehead atoms. The SMILES string of the molecule is CCOC(=O)N1CCN(C(=O)[C@H](CCC(=O)O)NC(=O)c2cc(OCC(=O)N3CCC(=O)N3)c3ccc(C)cc3n2)CC1. The third-order valence-electron chi connectivity index (χ3n) is 7.00. The third kappa shape index (κ3) is 7.87. The van der Waals surface area contributed by atoms with Crippen molar-refractivity contribution in [2.24, 2.45) is 0 Å². The number of carboxylic acid groups (broad SMARTS) is 1. The van der Waals surface area contributed by atoms with E-state index in [1.165, 1.54) is 15.9 Å². The molecule has 1 aromatic heterocycles. The van der Waals surface area contributed by atoms with Gasteiger partial charge in [-0.2, -0.15) is 0 Å². The molecule has 2 saturated heterocycles. The molecule has 43 heavy (non-hydrogen) atoms. The Hall–Kier alpha value is -4.95. The van der Waals surface area contributed by atoms with Crippen LogP contribution < -0.4 is 15.5 Å². The number of aliphatic carboxylic acids is 1. The number of aromatic nitrogens is 1. The van der Waals surface area contributed by atoms with Gasteiger partial charge in [0.1, 0.15) is 17.5 Å². The van der Waals surface area contributed by atoms with Crippen LogP contribution in [0.5, 0.6) is 5.75 Å². The normalized spacial score (nSPS) is 15.6. The van der Waals surface area contributed by atoms with Crippen LogP contribution in [0.1, 0.15) is 42.2 Å². The van der Waals surface area contributed by atoms with Crippen LogP contribution in [0.25, 0.3) is 10.9 Å². The molecule has 230 valence electrons. The number of nitrogens with one attached hydrogen (secondary N) is 2. The summed E-state index contributed by atoms with van der Waals surface area (Å²) in [4.78, 5) is 81.5. The molecular formula is C28H34N6O9. The lowest BCUT2D eigenvalue weighted by molar-refractivity contribution is -0.138. The summed E-state index contributed by atoms with van der Waals surface area (Å²) in [5.74, 6) is -2.91. The zero-order valence-electron chi connectivity index (χ0n) is 24.0. The van der Waals surface area contributed by atoms with Crippen molar-refractivity contribution in [2.45, 2.75) is 39.2 Å². The quantitative estimate of drug-likeness (QED) is 0.346. The van der Waals surface area contributed by atoms with Crippen molar-refractivity contribution in [3.8, 4) is 5.75 Å². The molecule has 0 saturated carbocycles. The molecule has 2 fully saturated rings. The summed E-state index contributed by atoms with van der Waals surface area (Å²) in [6, 6.07) is 5.47. The fourth-order valence-electron chi connectivity index (χ4n) is 4.72. The molecule has 2 aromatic rings. The van der Waals surface area contributed by atoms with E-state index in [1.807, 2.05) is 13.0 Å². The molecule has 1 atom stereocenters. The number of nitrogens with zero attached hydrogens (tertiary/aromatic N) is 4. The first kappa shape index (κ1) is 31.0. The van der Waals surface area contributed by atoms with Crippen LogP contribution in [-0.2, 0) is 23.9 Å². The topological polar surface area (TPSA) is 188 Å². The van der Waals surface area contributed by atoms with Crippen LogP contribution >= 0.6 is 0 Å². The third-order valence-corrected chi connectivity index (χ3v) is 7.00. The first-order chi connectivity index (χ1) is 20.5. The maximum atomic E-state index is 13.4. The molecule has 3 heterocycles. The van der Waals surface area contributed by atoms with Gasteiger partial charge in [0, 0.05) is 50.5 Å². The monoisotopic (exact) mass is 598 g/mol. The Balaban J connectivity index is 1.51. The van der Waals surface area contributed by atoms with Gasteiger partial charge in [-0.25, -0.2) is 9.78 Å². The van der Waals surface area contributed by atoms with Gasteiger partial charge in [-0.15, -0.1) is 0 Å². The van der Waals surface area contributed by atoms with Gasteiger partial charge in [0.25, 0.3) is 11.8 Å². The van der Waals surface area contributed by atoms with E-state index in [2.05, 4.69) is 15.7 Å². The molecule has 0 spiro atoms. The molecule has 0 unspecified atom stereocenters.